The molecule has 5 nitrogen and oxygen atoms in total. The Hall–Kier alpha value is -2.56. The summed E-state index contributed by atoms with van der Waals surface area (Å²) in [7, 11) is 0. The third-order valence-corrected chi connectivity index (χ3v) is 5.54. The Bertz CT molecular complexity index is 865. The number of benzene rings is 2. The molecule has 2 aromatic rings. The van der Waals surface area contributed by atoms with Crippen molar-refractivity contribution in [1.82, 2.24) is 0 Å². The third-order valence-electron chi connectivity index (χ3n) is 5.54. The fraction of sp³-hybridized carbons (Fsp3) is 0.400. The Labute approximate surface area is 151 Å². The van der Waals surface area contributed by atoms with E-state index in [4.69, 9.17) is 5.53 Å². The van der Waals surface area contributed by atoms with E-state index in [1.807, 2.05) is 12.1 Å². The van der Waals surface area contributed by atoms with Gasteiger partial charge in [0.05, 0.1) is 18.2 Å². The Morgan fingerprint density at radius 1 is 1.08 bits per heavy atom. The number of anilines is 2. The summed E-state index contributed by atoms with van der Waals surface area (Å²) in [6, 6.07) is 12.4. The van der Waals surface area contributed by atoms with Crippen LogP contribution in [0.3, 0.4) is 0 Å². The van der Waals surface area contributed by atoms with Gasteiger partial charge < -0.3 is 10.0 Å². The number of rotatable bonds is 2. The molecule has 0 aromatic heterocycles. The second kappa shape index (κ2) is 6.98. The summed E-state index contributed by atoms with van der Waals surface area (Å²) in [5.41, 5.74) is 12.9. The normalized spacial score (nSPS) is 24.8. The highest BCUT2D eigenvalue weighted by Crippen LogP contribution is 2.41. The van der Waals surface area contributed by atoms with Crippen LogP contribution in [0.25, 0.3) is 10.4 Å². The lowest BCUT2D eigenvalue weighted by Crippen LogP contribution is -2.49. The van der Waals surface area contributed by atoms with E-state index in [9.17, 15) is 9.50 Å². The van der Waals surface area contributed by atoms with Crippen LogP contribution < -0.4 is 4.90 Å². The zero-order valence-electron chi connectivity index (χ0n) is 14.4. The molecule has 1 heterocycles. The average molecular weight is 352 g/mol. The van der Waals surface area contributed by atoms with E-state index in [-0.39, 0.29) is 11.9 Å². The van der Waals surface area contributed by atoms with Crippen LogP contribution in [0.2, 0.25) is 0 Å². The predicted octanol–water partition coefficient (Wildman–Crippen LogP) is 4.65. The van der Waals surface area contributed by atoms with Gasteiger partial charge in [-0.1, -0.05) is 29.7 Å². The van der Waals surface area contributed by atoms with E-state index in [2.05, 4.69) is 27.1 Å². The predicted molar refractivity (Wildman–Crippen MR) is 99.0 cm³/mol. The first-order valence-corrected chi connectivity index (χ1v) is 9.07. The fourth-order valence-corrected chi connectivity index (χ4v) is 4.31. The fourth-order valence-electron chi connectivity index (χ4n) is 4.31. The zero-order chi connectivity index (χ0) is 18.1. The van der Waals surface area contributed by atoms with Crippen LogP contribution in [0.1, 0.15) is 30.4 Å². The van der Waals surface area contributed by atoms with Crippen molar-refractivity contribution in [3.8, 4) is 0 Å². The number of halogens is 1. The molecule has 0 amide bonds. The molecule has 4 rings (SSSR count). The minimum absolute atomic E-state index is 0.206. The van der Waals surface area contributed by atoms with Crippen molar-refractivity contribution in [2.45, 2.75) is 50.3 Å². The largest absolute Gasteiger partial charge is 0.391 e. The monoisotopic (exact) mass is 352 g/mol. The summed E-state index contributed by atoms with van der Waals surface area (Å²) in [6.45, 7) is 0. The molecule has 1 saturated carbocycles. The van der Waals surface area contributed by atoms with Gasteiger partial charge in [0, 0.05) is 16.3 Å². The summed E-state index contributed by atoms with van der Waals surface area (Å²) in [5, 5.41) is 14.7. The van der Waals surface area contributed by atoms with Crippen molar-refractivity contribution in [1.29, 1.82) is 0 Å². The third kappa shape index (κ3) is 2.91. The zero-order valence-corrected chi connectivity index (χ0v) is 14.4. The number of nitrogens with zero attached hydrogens (tertiary/aromatic N) is 4. The number of fused-ring (bicyclic) bond motifs is 2. The molecular formula is C20H21FN4O. The second-order valence-electron chi connectivity index (χ2n) is 7.03. The quantitative estimate of drug-likeness (QED) is 0.485. The number of aliphatic hydroxyl groups is 1. The van der Waals surface area contributed by atoms with Crippen molar-refractivity contribution < 1.29 is 9.50 Å². The summed E-state index contributed by atoms with van der Waals surface area (Å²) in [4.78, 5) is 5.04. The standard InChI is InChI=1S/C20H21FN4O/c21-15-10-11-18-14(12-15)9-8-13-4-1-2-6-17(13)25(18)19-7-3-5-16(20(19)26)23-24-22/h1-2,4,6,10-12,16,19-20,26H,3,5,7-9H2/t16?,19-,20-/m1/s1. The summed E-state index contributed by atoms with van der Waals surface area (Å²) in [5.74, 6) is -0.245. The van der Waals surface area contributed by atoms with Gasteiger partial charge in [-0.15, -0.1) is 0 Å². The van der Waals surface area contributed by atoms with Gasteiger partial charge in [0.25, 0.3) is 0 Å². The van der Waals surface area contributed by atoms with E-state index in [0.717, 1.165) is 42.6 Å². The smallest absolute Gasteiger partial charge is 0.123 e. The molecule has 1 unspecified atom stereocenters. The van der Waals surface area contributed by atoms with Gasteiger partial charge in [-0.2, -0.15) is 0 Å². The molecule has 1 aliphatic carbocycles. The Morgan fingerprint density at radius 2 is 1.85 bits per heavy atom. The highest BCUT2D eigenvalue weighted by molar-refractivity contribution is 5.72. The second-order valence-corrected chi connectivity index (χ2v) is 7.03. The molecule has 1 fully saturated rings. The molecule has 6 heteroatoms. The van der Waals surface area contributed by atoms with Gasteiger partial charge in [-0.05, 0) is 66.6 Å². The lowest BCUT2D eigenvalue weighted by molar-refractivity contribution is 0.0879. The number of para-hydroxylation sites is 1. The van der Waals surface area contributed by atoms with Crippen LogP contribution in [-0.2, 0) is 12.8 Å². The van der Waals surface area contributed by atoms with E-state index in [1.54, 1.807) is 12.1 Å². The Balaban J connectivity index is 1.85. The van der Waals surface area contributed by atoms with Gasteiger partial charge in [0.2, 0.25) is 0 Å². The van der Waals surface area contributed by atoms with Crippen molar-refractivity contribution in [3.05, 3.63) is 69.9 Å². The highest BCUT2D eigenvalue weighted by atomic mass is 19.1. The van der Waals surface area contributed by atoms with Gasteiger partial charge >= 0.3 is 0 Å². The van der Waals surface area contributed by atoms with Gasteiger partial charge in [-0.3, -0.25) is 0 Å². The van der Waals surface area contributed by atoms with Crippen molar-refractivity contribution in [2.24, 2.45) is 5.11 Å². The minimum Gasteiger partial charge on any atom is -0.391 e. The maximum absolute atomic E-state index is 13.8. The Kier molecular flexibility index (Phi) is 4.53. The maximum atomic E-state index is 13.8. The molecule has 2 aromatic carbocycles. The molecule has 1 N–H and O–H groups in total. The van der Waals surface area contributed by atoms with Crippen LogP contribution in [0.4, 0.5) is 15.8 Å². The van der Waals surface area contributed by atoms with Crippen LogP contribution in [-0.4, -0.2) is 23.3 Å². The van der Waals surface area contributed by atoms with Crippen LogP contribution in [0, 0.1) is 5.82 Å². The number of hydrogen-bond acceptors (Lipinski definition) is 3. The first-order valence-electron chi connectivity index (χ1n) is 9.07. The maximum Gasteiger partial charge on any atom is 0.123 e. The topological polar surface area (TPSA) is 72.2 Å². The lowest BCUT2D eigenvalue weighted by atomic mass is 9.86. The molecular weight excluding hydrogens is 331 g/mol. The van der Waals surface area contributed by atoms with Gasteiger partial charge in [-0.25, -0.2) is 4.39 Å². The van der Waals surface area contributed by atoms with E-state index >= 15 is 0 Å². The molecule has 1 aliphatic heterocycles. The van der Waals surface area contributed by atoms with E-state index in [1.165, 1.54) is 11.6 Å². The SMILES string of the molecule is [N-]=[N+]=NC1CCC[C@@H](N2c3ccccc3CCc3cc(F)ccc32)[C@@H]1O. The van der Waals surface area contributed by atoms with Crippen molar-refractivity contribution >= 4 is 11.4 Å². The number of azide groups is 1. The first kappa shape index (κ1) is 16.9. The number of aliphatic hydroxyl groups excluding tert-OH is 1. The summed E-state index contributed by atoms with van der Waals surface area (Å²) in [6.07, 6.45) is 3.18. The molecule has 0 saturated heterocycles. The molecule has 26 heavy (non-hydrogen) atoms. The highest BCUT2D eigenvalue weighted by Gasteiger charge is 2.37. The van der Waals surface area contributed by atoms with Gasteiger partial charge in [0.1, 0.15) is 5.82 Å². The molecule has 0 radical (unpaired) electrons. The average Bonchev–Trinajstić information content (AvgIpc) is 2.80. The van der Waals surface area contributed by atoms with Crippen LogP contribution in [0.5, 0.6) is 0 Å². The van der Waals surface area contributed by atoms with E-state index < -0.39 is 12.1 Å². The Morgan fingerprint density at radius 3 is 2.69 bits per heavy atom. The lowest BCUT2D eigenvalue weighted by Gasteiger charge is -2.42. The summed E-state index contributed by atoms with van der Waals surface area (Å²) < 4.78 is 13.8. The first-order chi connectivity index (χ1) is 12.7. The minimum atomic E-state index is -0.760. The van der Waals surface area contributed by atoms with Crippen molar-refractivity contribution in [3.63, 3.8) is 0 Å². The molecule has 0 spiro atoms. The number of hydrogen-bond donors (Lipinski definition) is 1. The van der Waals surface area contributed by atoms with Crippen molar-refractivity contribution in [2.75, 3.05) is 4.90 Å². The van der Waals surface area contributed by atoms with Crippen LogP contribution in [0.15, 0.2) is 47.6 Å². The van der Waals surface area contributed by atoms with E-state index in [0.29, 0.717) is 6.42 Å². The molecule has 3 atom stereocenters. The molecule has 2 aliphatic rings. The van der Waals surface area contributed by atoms with Gasteiger partial charge in [0.15, 0.2) is 0 Å². The number of aryl methyl sites for hydroxylation is 2. The molecule has 0 bridgehead atoms. The summed E-state index contributed by atoms with van der Waals surface area (Å²) >= 11 is 0. The molecule has 134 valence electrons. The van der Waals surface area contributed by atoms with Crippen LogP contribution >= 0.6 is 0 Å².